The summed E-state index contributed by atoms with van der Waals surface area (Å²) in [6.45, 7) is 10.0. The Morgan fingerprint density at radius 1 is 0.875 bits per heavy atom. The van der Waals surface area contributed by atoms with Crippen molar-refractivity contribution in [2.45, 2.75) is 85.4 Å². The monoisotopic (exact) mass is 460 g/mol. The van der Waals surface area contributed by atoms with Crippen molar-refractivity contribution in [2.24, 2.45) is 11.8 Å². The summed E-state index contributed by atoms with van der Waals surface area (Å²) in [4.78, 5) is 47.5. The van der Waals surface area contributed by atoms with Crippen molar-refractivity contribution in [1.29, 1.82) is 0 Å². The summed E-state index contributed by atoms with van der Waals surface area (Å²) in [6, 6.07) is 0. The van der Waals surface area contributed by atoms with Crippen LogP contribution < -0.4 is 0 Å². The molecule has 32 heavy (non-hydrogen) atoms. The summed E-state index contributed by atoms with van der Waals surface area (Å²) in [5.41, 5.74) is 0. The SMILES string of the molecule is CCOC(=O)C(CCCOC1O[C@H](CC)[C@H](C)[C@H](OC(C)=O)[C@H]1OC(C)=O)C(=O)OCC. The second kappa shape index (κ2) is 14.1. The maximum absolute atomic E-state index is 12.1. The normalized spacial score (nSPS) is 25.2. The Morgan fingerprint density at radius 2 is 1.41 bits per heavy atom. The smallest absolute Gasteiger partial charge is 0.320 e. The molecule has 1 unspecified atom stereocenters. The molecule has 0 saturated carbocycles. The summed E-state index contributed by atoms with van der Waals surface area (Å²) < 4.78 is 32.5. The van der Waals surface area contributed by atoms with Gasteiger partial charge < -0.3 is 28.4 Å². The third-order valence-electron chi connectivity index (χ3n) is 5.07. The first-order valence-electron chi connectivity index (χ1n) is 11.1. The van der Waals surface area contributed by atoms with Gasteiger partial charge in [0.2, 0.25) is 0 Å². The zero-order valence-electron chi connectivity index (χ0n) is 19.8. The Labute approximate surface area is 189 Å². The minimum Gasteiger partial charge on any atom is -0.465 e. The highest BCUT2D eigenvalue weighted by molar-refractivity contribution is 5.94. The molecule has 0 aromatic heterocycles. The quantitative estimate of drug-likeness (QED) is 0.185. The fraction of sp³-hybridized carbons (Fsp3) is 0.818. The molecule has 1 saturated heterocycles. The van der Waals surface area contributed by atoms with Gasteiger partial charge in [-0.2, -0.15) is 0 Å². The first-order valence-corrected chi connectivity index (χ1v) is 11.1. The van der Waals surface area contributed by atoms with Gasteiger partial charge in [-0.1, -0.05) is 13.8 Å². The molecule has 0 aliphatic carbocycles. The predicted molar refractivity (Wildman–Crippen MR) is 111 cm³/mol. The van der Waals surface area contributed by atoms with E-state index in [2.05, 4.69) is 0 Å². The van der Waals surface area contributed by atoms with Gasteiger partial charge in [0.15, 0.2) is 18.3 Å². The minimum absolute atomic E-state index is 0.106. The van der Waals surface area contributed by atoms with Crippen LogP contribution in [0.25, 0.3) is 0 Å². The maximum Gasteiger partial charge on any atom is 0.320 e. The predicted octanol–water partition coefficient (Wildman–Crippen LogP) is 2.16. The maximum atomic E-state index is 12.1. The molecule has 5 atom stereocenters. The molecule has 1 rings (SSSR count). The molecule has 0 radical (unpaired) electrons. The molecule has 0 spiro atoms. The summed E-state index contributed by atoms with van der Waals surface area (Å²) in [5, 5.41) is 0. The lowest BCUT2D eigenvalue weighted by atomic mass is 9.89. The zero-order valence-corrected chi connectivity index (χ0v) is 19.8. The Hall–Kier alpha value is -2.20. The van der Waals surface area contributed by atoms with Crippen molar-refractivity contribution in [2.75, 3.05) is 19.8 Å². The van der Waals surface area contributed by atoms with Gasteiger partial charge in [-0.15, -0.1) is 0 Å². The molecule has 1 heterocycles. The highest BCUT2D eigenvalue weighted by atomic mass is 16.7. The molecule has 10 heteroatoms. The summed E-state index contributed by atoms with van der Waals surface area (Å²) >= 11 is 0. The number of rotatable bonds is 12. The number of hydrogen-bond donors (Lipinski definition) is 0. The topological polar surface area (TPSA) is 124 Å². The van der Waals surface area contributed by atoms with Crippen molar-refractivity contribution in [3.05, 3.63) is 0 Å². The van der Waals surface area contributed by atoms with Gasteiger partial charge in [0.25, 0.3) is 0 Å². The van der Waals surface area contributed by atoms with Crippen molar-refractivity contribution in [3.8, 4) is 0 Å². The molecule has 0 bridgehead atoms. The number of hydrogen-bond acceptors (Lipinski definition) is 10. The van der Waals surface area contributed by atoms with Gasteiger partial charge >= 0.3 is 23.9 Å². The molecule has 10 nitrogen and oxygen atoms in total. The Balaban J connectivity index is 2.84. The molecule has 0 N–H and O–H groups in total. The van der Waals surface area contributed by atoms with Crippen molar-refractivity contribution >= 4 is 23.9 Å². The van der Waals surface area contributed by atoms with E-state index in [9.17, 15) is 19.2 Å². The molecular formula is C22H36O10. The highest BCUT2D eigenvalue weighted by Gasteiger charge is 2.47. The molecule has 0 amide bonds. The van der Waals surface area contributed by atoms with Crippen LogP contribution in [0.4, 0.5) is 0 Å². The van der Waals surface area contributed by atoms with E-state index in [1.807, 2.05) is 13.8 Å². The average molecular weight is 461 g/mol. The van der Waals surface area contributed by atoms with Crippen LogP contribution in [0.15, 0.2) is 0 Å². The van der Waals surface area contributed by atoms with E-state index in [4.69, 9.17) is 28.4 Å². The van der Waals surface area contributed by atoms with Crippen LogP contribution in [0.5, 0.6) is 0 Å². The number of carbonyl (C=O) groups is 4. The third kappa shape index (κ3) is 8.38. The second-order valence-corrected chi connectivity index (χ2v) is 7.53. The van der Waals surface area contributed by atoms with Crippen LogP contribution in [-0.2, 0) is 47.6 Å². The van der Waals surface area contributed by atoms with Crippen LogP contribution in [0.2, 0.25) is 0 Å². The first-order chi connectivity index (χ1) is 15.2. The highest BCUT2D eigenvalue weighted by Crippen LogP contribution is 2.32. The van der Waals surface area contributed by atoms with Gasteiger partial charge in [-0.3, -0.25) is 19.2 Å². The summed E-state index contributed by atoms with van der Waals surface area (Å²) in [5.74, 6) is -3.62. The zero-order chi connectivity index (χ0) is 24.3. The lowest BCUT2D eigenvalue weighted by molar-refractivity contribution is -0.290. The molecule has 1 aliphatic rings. The molecular weight excluding hydrogens is 424 g/mol. The van der Waals surface area contributed by atoms with Crippen LogP contribution in [0, 0.1) is 11.8 Å². The van der Waals surface area contributed by atoms with E-state index in [0.29, 0.717) is 12.8 Å². The summed E-state index contributed by atoms with van der Waals surface area (Å²) in [7, 11) is 0. The second-order valence-electron chi connectivity index (χ2n) is 7.53. The van der Waals surface area contributed by atoms with Crippen molar-refractivity contribution in [1.82, 2.24) is 0 Å². The van der Waals surface area contributed by atoms with Gasteiger partial charge in [-0.05, 0) is 33.1 Å². The van der Waals surface area contributed by atoms with Gasteiger partial charge in [0.05, 0.1) is 19.3 Å². The minimum atomic E-state index is -1.05. The Morgan fingerprint density at radius 3 is 1.88 bits per heavy atom. The van der Waals surface area contributed by atoms with E-state index in [0.717, 1.165) is 0 Å². The van der Waals surface area contributed by atoms with Crippen LogP contribution >= 0.6 is 0 Å². The van der Waals surface area contributed by atoms with Crippen LogP contribution in [0.1, 0.15) is 60.8 Å². The fourth-order valence-corrected chi connectivity index (χ4v) is 3.63. The largest absolute Gasteiger partial charge is 0.465 e. The number of ether oxygens (including phenoxy) is 6. The molecule has 1 fully saturated rings. The van der Waals surface area contributed by atoms with Crippen molar-refractivity contribution < 1.29 is 47.6 Å². The number of esters is 4. The van der Waals surface area contributed by atoms with Crippen molar-refractivity contribution in [3.63, 3.8) is 0 Å². The lowest BCUT2D eigenvalue weighted by Crippen LogP contribution is -2.57. The fourth-order valence-electron chi connectivity index (χ4n) is 3.63. The third-order valence-corrected chi connectivity index (χ3v) is 5.07. The molecule has 1 aliphatic heterocycles. The van der Waals surface area contributed by atoms with Gasteiger partial charge in [0, 0.05) is 26.4 Å². The Kier molecular flexibility index (Phi) is 12.2. The Bertz CT molecular complexity index is 616. The van der Waals surface area contributed by atoms with E-state index in [1.165, 1.54) is 13.8 Å². The van der Waals surface area contributed by atoms with E-state index in [1.54, 1.807) is 13.8 Å². The molecule has 184 valence electrons. The van der Waals surface area contributed by atoms with Gasteiger partial charge in [0.1, 0.15) is 6.10 Å². The van der Waals surface area contributed by atoms with Crippen LogP contribution in [-0.4, -0.2) is 68.3 Å². The molecule has 0 aromatic rings. The first kappa shape index (κ1) is 27.8. The van der Waals surface area contributed by atoms with Crippen LogP contribution in [0.3, 0.4) is 0 Å². The number of carbonyl (C=O) groups excluding carboxylic acids is 4. The van der Waals surface area contributed by atoms with E-state index in [-0.39, 0.29) is 38.3 Å². The lowest BCUT2D eigenvalue weighted by Gasteiger charge is -2.44. The summed E-state index contributed by atoms with van der Waals surface area (Å²) in [6.07, 6.45) is -1.80. The average Bonchev–Trinajstić information content (AvgIpc) is 2.71. The standard InChI is InChI=1S/C22H36O10/c1-7-17-13(4)18(30-14(5)23)19(31-15(6)24)22(32-17)29-12-10-11-16(20(25)27-8-2)21(26)28-9-3/h13,16-19,22H,7-12H2,1-6H3/t13-,17+,18-,19+,22?/m0/s1. The van der Waals surface area contributed by atoms with E-state index < -0.39 is 48.3 Å². The van der Waals surface area contributed by atoms with Gasteiger partial charge in [-0.25, -0.2) is 0 Å². The van der Waals surface area contributed by atoms with E-state index >= 15 is 0 Å². The molecule has 0 aromatic carbocycles.